The Morgan fingerprint density at radius 1 is 1.71 bits per heavy atom. The third-order valence-corrected chi connectivity index (χ3v) is 2.04. The van der Waals surface area contributed by atoms with Gasteiger partial charge in [-0.15, -0.1) is 0 Å². The summed E-state index contributed by atoms with van der Waals surface area (Å²) in [6.07, 6.45) is 0.386. The maximum Gasteiger partial charge on any atom is 0.355 e. The molecule has 0 aliphatic carbocycles. The molecule has 0 unspecified atom stereocenters. The number of carboxylic acids is 1. The number of rotatable bonds is 3. The number of carbonyl (C=O) groups is 1. The number of hydrogen-bond acceptors (Lipinski definition) is 3. The molecule has 0 aromatic carbocycles. The van der Waals surface area contributed by atoms with Gasteiger partial charge in [0.25, 0.3) is 0 Å². The van der Waals surface area contributed by atoms with E-state index in [9.17, 15) is 4.79 Å². The molecule has 7 heteroatoms. The lowest BCUT2D eigenvalue weighted by Gasteiger charge is -1.94. The Hall–Kier alpha value is -2.45. The Morgan fingerprint density at radius 3 is 3.00 bits per heavy atom. The molecule has 1 aromatic rings. The van der Waals surface area contributed by atoms with Crippen LogP contribution in [0.4, 0.5) is 0 Å². The molecule has 17 heavy (non-hydrogen) atoms. The van der Waals surface area contributed by atoms with Crippen LogP contribution in [-0.2, 0) is 7.05 Å². The van der Waals surface area contributed by atoms with Crippen LogP contribution in [0.5, 0.6) is 0 Å². The topological polar surface area (TPSA) is 104 Å². The number of hydrogen-bond donors (Lipinski definition) is 1. The number of nitrogens with zero attached hydrogens (tertiary/aromatic N) is 5. The lowest BCUT2D eigenvalue weighted by molar-refractivity contribution is 0.0684. The summed E-state index contributed by atoms with van der Waals surface area (Å²) < 4.78 is 1.29. The van der Waals surface area contributed by atoms with Crippen molar-refractivity contribution in [1.29, 1.82) is 0 Å². The number of aryl methyl sites for hydroxylation is 2. The first-order valence-corrected chi connectivity index (χ1v) is 4.84. The molecular weight excluding hydrogens is 222 g/mol. The second kappa shape index (κ2) is 5.58. The SMILES string of the molecule is Cc1nn(C)c(C(=O)O)c1C#CCCN=[N+]=[N-]. The van der Waals surface area contributed by atoms with Crippen molar-refractivity contribution in [3.63, 3.8) is 0 Å². The van der Waals surface area contributed by atoms with Gasteiger partial charge in [-0.3, -0.25) is 4.68 Å². The fourth-order valence-corrected chi connectivity index (χ4v) is 1.35. The molecule has 7 nitrogen and oxygen atoms in total. The molecule has 88 valence electrons. The Kier molecular flexibility index (Phi) is 4.14. The molecule has 0 saturated carbocycles. The van der Waals surface area contributed by atoms with Crippen molar-refractivity contribution in [1.82, 2.24) is 9.78 Å². The van der Waals surface area contributed by atoms with E-state index in [1.807, 2.05) is 0 Å². The summed E-state index contributed by atoms with van der Waals surface area (Å²) >= 11 is 0. The fourth-order valence-electron chi connectivity index (χ4n) is 1.35. The van der Waals surface area contributed by atoms with E-state index in [2.05, 4.69) is 27.0 Å². The van der Waals surface area contributed by atoms with Gasteiger partial charge in [0.15, 0.2) is 5.69 Å². The van der Waals surface area contributed by atoms with E-state index in [0.717, 1.165) is 0 Å². The molecule has 1 N–H and O–H groups in total. The van der Waals surface area contributed by atoms with Gasteiger partial charge in [-0.1, -0.05) is 17.0 Å². The Bertz CT molecular complexity index is 543. The molecule has 0 saturated heterocycles. The first-order chi connectivity index (χ1) is 8.07. The summed E-state index contributed by atoms with van der Waals surface area (Å²) in [4.78, 5) is 13.6. The molecule has 1 rings (SSSR count). The van der Waals surface area contributed by atoms with Crippen LogP contribution in [0.1, 0.15) is 28.2 Å². The molecule has 1 aromatic heterocycles. The molecule has 0 radical (unpaired) electrons. The first kappa shape index (κ1) is 12.6. The van der Waals surface area contributed by atoms with E-state index in [0.29, 0.717) is 17.7 Å². The molecule has 0 aliphatic heterocycles. The number of aromatic carboxylic acids is 1. The van der Waals surface area contributed by atoms with E-state index < -0.39 is 5.97 Å². The van der Waals surface area contributed by atoms with Crippen molar-refractivity contribution < 1.29 is 9.90 Å². The van der Waals surface area contributed by atoms with Crippen LogP contribution in [0.3, 0.4) is 0 Å². The minimum absolute atomic E-state index is 0.0683. The van der Waals surface area contributed by atoms with Gasteiger partial charge in [0, 0.05) is 24.9 Å². The average Bonchev–Trinajstić information content (AvgIpc) is 2.53. The van der Waals surface area contributed by atoms with Gasteiger partial charge in [0.05, 0.1) is 11.3 Å². The van der Waals surface area contributed by atoms with Crippen molar-refractivity contribution in [3.8, 4) is 11.8 Å². The molecule has 0 bridgehead atoms. The van der Waals surface area contributed by atoms with Crippen molar-refractivity contribution in [2.75, 3.05) is 6.54 Å². The summed E-state index contributed by atoms with van der Waals surface area (Å²) in [5, 5.41) is 16.3. The molecule has 0 atom stereocenters. The third kappa shape index (κ3) is 3.00. The van der Waals surface area contributed by atoms with Crippen molar-refractivity contribution in [2.24, 2.45) is 12.2 Å². The van der Waals surface area contributed by atoms with Gasteiger partial charge in [0.2, 0.25) is 0 Å². The van der Waals surface area contributed by atoms with Crippen molar-refractivity contribution in [3.05, 3.63) is 27.4 Å². The normalized spacial score (nSPS) is 9.06. The van der Waals surface area contributed by atoms with Crippen LogP contribution in [0.25, 0.3) is 10.4 Å². The predicted molar refractivity (Wildman–Crippen MR) is 60.4 cm³/mol. The van der Waals surface area contributed by atoms with Gasteiger partial charge in [-0.05, 0) is 12.5 Å². The third-order valence-electron chi connectivity index (χ3n) is 2.04. The molecule has 0 aliphatic rings. The van der Waals surface area contributed by atoms with Crippen LogP contribution in [0.2, 0.25) is 0 Å². The van der Waals surface area contributed by atoms with Gasteiger partial charge < -0.3 is 5.11 Å². The summed E-state index contributed by atoms with van der Waals surface area (Å²) in [5.74, 6) is 4.44. The minimum atomic E-state index is -1.06. The summed E-state index contributed by atoms with van der Waals surface area (Å²) in [7, 11) is 1.56. The summed E-state index contributed by atoms with van der Waals surface area (Å²) in [6, 6.07) is 0. The smallest absolute Gasteiger partial charge is 0.355 e. The maximum absolute atomic E-state index is 11.0. The largest absolute Gasteiger partial charge is 0.476 e. The molecule has 0 spiro atoms. The highest BCUT2D eigenvalue weighted by Crippen LogP contribution is 2.11. The number of aromatic nitrogens is 2. The fraction of sp³-hybridized carbons (Fsp3) is 0.400. The van der Waals surface area contributed by atoms with Crippen LogP contribution < -0.4 is 0 Å². The van der Waals surface area contributed by atoms with Gasteiger partial charge in [-0.2, -0.15) is 5.10 Å². The molecular formula is C10H11N5O2. The standard InChI is InChI=1S/C10H11N5O2/c1-7-8(5-3-4-6-12-14-11)9(10(16)17)15(2)13-7/h4,6H2,1-2H3,(H,16,17). The highest BCUT2D eigenvalue weighted by Gasteiger charge is 2.17. The van der Waals surface area contributed by atoms with Gasteiger partial charge in [-0.25, -0.2) is 4.79 Å². The van der Waals surface area contributed by atoms with Crippen molar-refractivity contribution >= 4 is 5.97 Å². The highest BCUT2D eigenvalue weighted by atomic mass is 16.4. The second-order valence-electron chi connectivity index (χ2n) is 3.24. The Balaban J connectivity index is 2.97. The molecule has 1 heterocycles. The molecule has 0 fully saturated rings. The number of azide groups is 1. The minimum Gasteiger partial charge on any atom is -0.476 e. The first-order valence-electron chi connectivity index (χ1n) is 4.84. The maximum atomic E-state index is 11.0. The van der Waals surface area contributed by atoms with Crippen LogP contribution in [0.15, 0.2) is 5.11 Å². The monoisotopic (exact) mass is 233 g/mol. The van der Waals surface area contributed by atoms with Gasteiger partial charge >= 0.3 is 5.97 Å². The summed E-state index contributed by atoms with van der Waals surface area (Å²) in [6.45, 7) is 1.97. The summed E-state index contributed by atoms with van der Waals surface area (Å²) in [5.41, 5.74) is 9.11. The average molecular weight is 233 g/mol. The van der Waals surface area contributed by atoms with Crippen LogP contribution in [0, 0.1) is 18.8 Å². The van der Waals surface area contributed by atoms with Crippen LogP contribution in [-0.4, -0.2) is 27.4 Å². The lowest BCUT2D eigenvalue weighted by Crippen LogP contribution is -2.07. The highest BCUT2D eigenvalue weighted by molar-refractivity contribution is 5.89. The zero-order valence-corrected chi connectivity index (χ0v) is 9.51. The van der Waals surface area contributed by atoms with E-state index in [4.69, 9.17) is 10.6 Å². The molecule has 0 amide bonds. The van der Waals surface area contributed by atoms with Gasteiger partial charge in [0.1, 0.15) is 0 Å². The van der Waals surface area contributed by atoms with E-state index in [1.165, 1.54) is 4.68 Å². The zero-order chi connectivity index (χ0) is 12.8. The van der Waals surface area contributed by atoms with E-state index in [1.54, 1.807) is 14.0 Å². The second-order valence-corrected chi connectivity index (χ2v) is 3.24. The Morgan fingerprint density at radius 2 is 2.41 bits per heavy atom. The quantitative estimate of drug-likeness (QED) is 0.281. The Labute approximate surface area is 97.7 Å². The predicted octanol–water partition coefficient (Wildman–Crippen LogP) is 1.48. The number of carboxylic acid groups (broad SMARTS) is 1. The van der Waals surface area contributed by atoms with Crippen LogP contribution >= 0.6 is 0 Å². The van der Waals surface area contributed by atoms with E-state index >= 15 is 0 Å². The van der Waals surface area contributed by atoms with Crippen molar-refractivity contribution in [2.45, 2.75) is 13.3 Å². The van der Waals surface area contributed by atoms with E-state index in [-0.39, 0.29) is 12.2 Å². The lowest BCUT2D eigenvalue weighted by atomic mass is 10.2. The zero-order valence-electron chi connectivity index (χ0n) is 9.51.